The number of nitrogens with zero attached hydrogens (tertiary/aromatic N) is 4. The van der Waals surface area contributed by atoms with Crippen LogP contribution in [0.3, 0.4) is 0 Å². The zero-order chi connectivity index (χ0) is 14.5. The lowest BCUT2D eigenvalue weighted by molar-refractivity contribution is 0.541. The van der Waals surface area contributed by atoms with Gasteiger partial charge in [0.15, 0.2) is 0 Å². The fraction of sp³-hybridized carbons (Fsp3) is 0.462. The molecule has 0 radical (unpaired) electrons. The van der Waals surface area contributed by atoms with Crippen molar-refractivity contribution in [3.05, 3.63) is 39.0 Å². The molecule has 2 heterocycles. The van der Waals surface area contributed by atoms with Crippen LogP contribution >= 0.6 is 15.9 Å². The van der Waals surface area contributed by atoms with Crippen LogP contribution in [0.2, 0.25) is 0 Å². The average molecular weight is 340 g/mol. The fourth-order valence-electron chi connectivity index (χ4n) is 1.82. The Kier molecular flexibility index (Phi) is 4.94. The van der Waals surface area contributed by atoms with Gasteiger partial charge in [0, 0.05) is 19.8 Å². The molecule has 6 nitrogen and oxygen atoms in total. The van der Waals surface area contributed by atoms with Gasteiger partial charge in [-0.3, -0.25) is 9.48 Å². The maximum atomic E-state index is 12.1. The Morgan fingerprint density at radius 2 is 2.20 bits per heavy atom. The van der Waals surface area contributed by atoms with Gasteiger partial charge in [-0.1, -0.05) is 13.3 Å². The molecule has 1 N–H and O–H groups in total. The number of hydrogen-bond donors (Lipinski definition) is 1. The van der Waals surface area contributed by atoms with Gasteiger partial charge in [-0.2, -0.15) is 10.2 Å². The first-order valence-corrected chi connectivity index (χ1v) is 7.39. The van der Waals surface area contributed by atoms with Crippen molar-refractivity contribution in [3.8, 4) is 0 Å². The second-order valence-corrected chi connectivity index (χ2v) is 5.35. The second kappa shape index (κ2) is 6.69. The van der Waals surface area contributed by atoms with Crippen LogP contribution in [0.25, 0.3) is 0 Å². The topological polar surface area (TPSA) is 64.7 Å². The van der Waals surface area contributed by atoms with E-state index in [1.165, 1.54) is 4.68 Å². The molecule has 2 aromatic heterocycles. The predicted molar refractivity (Wildman–Crippen MR) is 81.6 cm³/mol. The highest BCUT2D eigenvalue weighted by Crippen LogP contribution is 2.17. The van der Waals surface area contributed by atoms with Gasteiger partial charge < -0.3 is 5.32 Å². The van der Waals surface area contributed by atoms with E-state index in [2.05, 4.69) is 38.4 Å². The maximum Gasteiger partial charge on any atom is 0.283 e. The van der Waals surface area contributed by atoms with Gasteiger partial charge >= 0.3 is 0 Å². The smallest absolute Gasteiger partial charge is 0.283 e. The Bertz CT molecular complexity index is 634. The van der Waals surface area contributed by atoms with Crippen molar-refractivity contribution >= 4 is 21.6 Å². The summed E-state index contributed by atoms with van der Waals surface area (Å²) in [7, 11) is 1.88. The molecule has 0 aliphatic heterocycles. The van der Waals surface area contributed by atoms with Crippen molar-refractivity contribution in [2.45, 2.75) is 32.9 Å². The molecule has 0 bridgehead atoms. The zero-order valence-electron chi connectivity index (χ0n) is 11.6. The molecule has 0 spiro atoms. The molecule has 108 valence electrons. The number of aromatic nitrogens is 4. The Morgan fingerprint density at radius 1 is 1.40 bits per heavy atom. The molecular weight excluding hydrogens is 322 g/mol. The van der Waals surface area contributed by atoms with Gasteiger partial charge in [-0.15, -0.1) is 0 Å². The van der Waals surface area contributed by atoms with Crippen molar-refractivity contribution in [2.24, 2.45) is 7.05 Å². The average Bonchev–Trinajstić information content (AvgIpc) is 2.85. The Hall–Kier alpha value is -1.63. The van der Waals surface area contributed by atoms with Gasteiger partial charge in [0.1, 0.15) is 4.47 Å². The van der Waals surface area contributed by atoms with Crippen LogP contribution in [0.1, 0.15) is 25.5 Å². The zero-order valence-corrected chi connectivity index (χ0v) is 13.2. The number of unbranched alkanes of at least 4 members (excludes halogenated alkanes) is 1. The van der Waals surface area contributed by atoms with Crippen LogP contribution in [0.15, 0.2) is 27.7 Å². The summed E-state index contributed by atoms with van der Waals surface area (Å²) in [5.41, 5.74) is 1.63. The predicted octanol–water partition coefficient (Wildman–Crippen LogP) is 2.15. The second-order valence-electron chi connectivity index (χ2n) is 4.55. The third kappa shape index (κ3) is 3.27. The first-order chi connectivity index (χ1) is 9.63. The van der Waals surface area contributed by atoms with E-state index in [4.69, 9.17) is 0 Å². The van der Waals surface area contributed by atoms with Crippen LogP contribution < -0.4 is 10.9 Å². The molecule has 2 aromatic rings. The van der Waals surface area contributed by atoms with Gasteiger partial charge in [0.05, 0.1) is 24.1 Å². The van der Waals surface area contributed by atoms with Gasteiger partial charge in [-0.05, 0) is 28.4 Å². The van der Waals surface area contributed by atoms with E-state index in [9.17, 15) is 4.79 Å². The quantitative estimate of drug-likeness (QED) is 0.875. The first kappa shape index (κ1) is 14.8. The summed E-state index contributed by atoms with van der Waals surface area (Å²) in [6, 6.07) is 1.93. The molecular formula is C13H18BrN5O. The van der Waals surface area contributed by atoms with Crippen LogP contribution in [-0.2, 0) is 20.1 Å². The van der Waals surface area contributed by atoms with E-state index in [0.29, 0.717) is 23.2 Å². The van der Waals surface area contributed by atoms with E-state index in [1.807, 2.05) is 13.1 Å². The highest BCUT2D eigenvalue weighted by molar-refractivity contribution is 9.10. The minimum atomic E-state index is -0.103. The van der Waals surface area contributed by atoms with Crippen molar-refractivity contribution in [3.63, 3.8) is 0 Å². The van der Waals surface area contributed by atoms with E-state index in [0.717, 1.165) is 18.5 Å². The largest absolute Gasteiger partial charge is 0.377 e. The lowest BCUT2D eigenvalue weighted by Gasteiger charge is -2.10. The summed E-state index contributed by atoms with van der Waals surface area (Å²) in [6.07, 6.45) is 5.40. The summed E-state index contributed by atoms with van der Waals surface area (Å²) >= 11 is 3.35. The first-order valence-electron chi connectivity index (χ1n) is 6.60. The Morgan fingerprint density at radius 3 is 2.85 bits per heavy atom. The number of anilines is 1. The van der Waals surface area contributed by atoms with E-state index in [1.54, 1.807) is 17.1 Å². The van der Waals surface area contributed by atoms with Crippen molar-refractivity contribution in [1.29, 1.82) is 0 Å². The molecule has 20 heavy (non-hydrogen) atoms. The molecule has 0 amide bonds. The molecule has 7 heteroatoms. The number of aryl methyl sites for hydroxylation is 2. The maximum absolute atomic E-state index is 12.1. The number of hydrogen-bond acceptors (Lipinski definition) is 4. The van der Waals surface area contributed by atoms with E-state index >= 15 is 0 Å². The van der Waals surface area contributed by atoms with Gasteiger partial charge in [0.25, 0.3) is 5.56 Å². The molecule has 2 rings (SSSR count). The molecule has 0 saturated carbocycles. The van der Waals surface area contributed by atoms with Crippen molar-refractivity contribution < 1.29 is 0 Å². The van der Waals surface area contributed by atoms with Crippen molar-refractivity contribution in [2.75, 3.05) is 5.32 Å². The van der Waals surface area contributed by atoms with Crippen LogP contribution in [0.4, 0.5) is 5.69 Å². The fourth-order valence-corrected chi connectivity index (χ4v) is 2.26. The summed E-state index contributed by atoms with van der Waals surface area (Å²) in [6.45, 7) is 3.33. The lowest BCUT2D eigenvalue weighted by atomic mass is 10.3. The van der Waals surface area contributed by atoms with Crippen LogP contribution in [0.5, 0.6) is 0 Å². The minimum absolute atomic E-state index is 0.103. The number of nitrogens with one attached hydrogen (secondary N) is 1. The molecule has 0 aliphatic rings. The van der Waals surface area contributed by atoms with Crippen LogP contribution in [0, 0.1) is 0 Å². The third-order valence-electron chi connectivity index (χ3n) is 3.09. The summed E-state index contributed by atoms with van der Waals surface area (Å²) in [5, 5.41) is 11.5. The van der Waals surface area contributed by atoms with Gasteiger partial charge in [-0.25, -0.2) is 4.68 Å². The molecule has 0 saturated heterocycles. The number of rotatable bonds is 6. The lowest BCUT2D eigenvalue weighted by Crippen LogP contribution is -2.24. The normalized spacial score (nSPS) is 10.8. The van der Waals surface area contributed by atoms with E-state index < -0.39 is 0 Å². The summed E-state index contributed by atoms with van der Waals surface area (Å²) < 4.78 is 3.80. The Balaban J connectivity index is 2.11. The third-order valence-corrected chi connectivity index (χ3v) is 3.86. The van der Waals surface area contributed by atoms with Gasteiger partial charge in [0.2, 0.25) is 0 Å². The molecule has 0 atom stereocenters. The molecule has 0 aliphatic carbocycles. The molecule has 0 aromatic carbocycles. The SMILES string of the molecule is CCCCn1ncc(NCc2ccnn2C)c(Br)c1=O. The Labute approximate surface area is 125 Å². The molecule has 0 fully saturated rings. The monoisotopic (exact) mass is 339 g/mol. The summed E-state index contributed by atoms with van der Waals surface area (Å²) in [5.74, 6) is 0. The highest BCUT2D eigenvalue weighted by Gasteiger charge is 2.09. The minimum Gasteiger partial charge on any atom is -0.377 e. The molecule has 0 unspecified atom stereocenters. The summed E-state index contributed by atoms with van der Waals surface area (Å²) in [4.78, 5) is 12.1. The van der Waals surface area contributed by atoms with Crippen molar-refractivity contribution in [1.82, 2.24) is 19.6 Å². The van der Waals surface area contributed by atoms with Crippen LogP contribution in [-0.4, -0.2) is 19.6 Å². The standard InChI is InChI=1S/C13H18BrN5O/c1-3-4-7-19-13(20)12(14)11(9-17-19)15-8-10-5-6-16-18(10)2/h5-6,9,15H,3-4,7-8H2,1-2H3. The number of halogens is 1. The highest BCUT2D eigenvalue weighted by atomic mass is 79.9. The van der Waals surface area contributed by atoms with E-state index in [-0.39, 0.29) is 5.56 Å².